The summed E-state index contributed by atoms with van der Waals surface area (Å²) in [4.78, 5) is 11.2. The molecular formula is C22H30N4O2. The van der Waals surface area contributed by atoms with Crippen LogP contribution in [0, 0.1) is 11.8 Å². The zero-order valence-electron chi connectivity index (χ0n) is 16.6. The highest BCUT2D eigenvalue weighted by molar-refractivity contribution is 5.59. The van der Waals surface area contributed by atoms with Crippen LogP contribution < -0.4 is 15.0 Å². The number of morpholine rings is 1. The summed E-state index contributed by atoms with van der Waals surface area (Å²) in [6.45, 7) is 6.55. The van der Waals surface area contributed by atoms with Gasteiger partial charge in [0.15, 0.2) is 0 Å². The Balaban J connectivity index is 1.31. The highest BCUT2D eigenvalue weighted by atomic mass is 16.5. The van der Waals surface area contributed by atoms with E-state index in [9.17, 15) is 0 Å². The van der Waals surface area contributed by atoms with Crippen molar-refractivity contribution in [2.75, 3.05) is 43.1 Å². The predicted molar refractivity (Wildman–Crippen MR) is 111 cm³/mol. The quantitative estimate of drug-likeness (QED) is 0.805. The fraction of sp³-hybridized carbons (Fsp3) is 0.545. The van der Waals surface area contributed by atoms with Gasteiger partial charge in [-0.05, 0) is 48.9 Å². The van der Waals surface area contributed by atoms with Gasteiger partial charge in [0, 0.05) is 36.7 Å². The standard InChI is InChI=1S/C22H30N4O2/c1-17-2-4-18(5-3-17)16-28-21-10-11-23-22(25-21)24-19-6-8-20(9-7-19)26-12-14-27-15-13-26/h6-11,17-18H,2-5,12-16H2,1H3,(H,23,24,25)/t17-,18+. The first-order chi connectivity index (χ1) is 13.8. The lowest BCUT2D eigenvalue weighted by molar-refractivity contribution is 0.122. The Labute approximate surface area is 167 Å². The van der Waals surface area contributed by atoms with Crippen molar-refractivity contribution in [2.45, 2.75) is 32.6 Å². The zero-order valence-corrected chi connectivity index (χ0v) is 16.6. The molecule has 150 valence electrons. The van der Waals surface area contributed by atoms with Gasteiger partial charge in [-0.25, -0.2) is 4.98 Å². The normalized spacial score (nSPS) is 22.7. The molecule has 0 amide bonds. The smallest absolute Gasteiger partial charge is 0.230 e. The van der Waals surface area contributed by atoms with E-state index in [0.717, 1.165) is 44.5 Å². The molecule has 6 heteroatoms. The SMILES string of the molecule is C[C@H]1CC[C@@H](COc2ccnc(Nc3ccc(N4CCOCC4)cc3)n2)CC1. The molecule has 1 N–H and O–H groups in total. The molecule has 1 saturated carbocycles. The van der Waals surface area contributed by atoms with Crippen LogP contribution in [0.4, 0.5) is 17.3 Å². The van der Waals surface area contributed by atoms with Gasteiger partial charge in [0.1, 0.15) is 0 Å². The maximum Gasteiger partial charge on any atom is 0.230 e. The van der Waals surface area contributed by atoms with Gasteiger partial charge < -0.3 is 19.7 Å². The first kappa shape index (κ1) is 19.0. The monoisotopic (exact) mass is 382 g/mol. The third-order valence-corrected chi connectivity index (χ3v) is 5.73. The minimum atomic E-state index is 0.564. The van der Waals surface area contributed by atoms with Crippen molar-refractivity contribution < 1.29 is 9.47 Å². The molecule has 1 saturated heterocycles. The number of nitrogens with zero attached hydrogens (tertiary/aromatic N) is 3. The van der Waals surface area contributed by atoms with Gasteiger partial charge in [0.2, 0.25) is 11.8 Å². The third-order valence-electron chi connectivity index (χ3n) is 5.73. The van der Waals surface area contributed by atoms with Crippen molar-refractivity contribution in [3.8, 4) is 5.88 Å². The Morgan fingerprint density at radius 2 is 1.82 bits per heavy atom. The zero-order chi connectivity index (χ0) is 19.2. The molecule has 2 aliphatic rings. The van der Waals surface area contributed by atoms with Gasteiger partial charge in [-0.15, -0.1) is 0 Å². The van der Waals surface area contributed by atoms with E-state index in [-0.39, 0.29) is 0 Å². The Bertz CT molecular complexity index is 738. The molecule has 4 rings (SSSR count). The van der Waals surface area contributed by atoms with Gasteiger partial charge in [0.25, 0.3) is 0 Å². The number of ether oxygens (including phenoxy) is 2. The fourth-order valence-corrected chi connectivity index (χ4v) is 3.89. The van der Waals surface area contributed by atoms with Crippen LogP contribution >= 0.6 is 0 Å². The predicted octanol–water partition coefficient (Wildman–Crippen LogP) is 4.26. The Kier molecular flexibility index (Phi) is 6.27. The van der Waals surface area contributed by atoms with Crippen LogP contribution in [0.15, 0.2) is 36.5 Å². The molecule has 0 unspecified atom stereocenters. The molecule has 6 nitrogen and oxygen atoms in total. The van der Waals surface area contributed by atoms with Crippen LogP contribution in [0.5, 0.6) is 5.88 Å². The molecule has 1 aliphatic heterocycles. The Hall–Kier alpha value is -2.34. The molecule has 2 fully saturated rings. The minimum absolute atomic E-state index is 0.564. The van der Waals surface area contributed by atoms with Crippen molar-refractivity contribution in [3.63, 3.8) is 0 Å². The second-order valence-electron chi connectivity index (χ2n) is 7.93. The van der Waals surface area contributed by atoms with Crippen LogP contribution in [-0.4, -0.2) is 42.9 Å². The number of rotatable bonds is 6. The maximum atomic E-state index is 5.95. The van der Waals surface area contributed by atoms with E-state index < -0.39 is 0 Å². The fourth-order valence-electron chi connectivity index (χ4n) is 3.89. The molecule has 1 aromatic heterocycles. The highest BCUT2D eigenvalue weighted by Gasteiger charge is 2.19. The molecule has 2 heterocycles. The highest BCUT2D eigenvalue weighted by Crippen LogP contribution is 2.28. The number of nitrogens with one attached hydrogen (secondary N) is 1. The first-order valence-corrected chi connectivity index (χ1v) is 10.4. The van der Waals surface area contributed by atoms with Crippen molar-refractivity contribution in [1.82, 2.24) is 9.97 Å². The van der Waals surface area contributed by atoms with Gasteiger partial charge >= 0.3 is 0 Å². The van der Waals surface area contributed by atoms with E-state index in [4.69, 9.17) is 9.47 Å². The van der Waals surface area contributed by atoms with E-state index in [0.29, 0.717) is 17.7 Å². The lowest BCUT2D eigenvalue weighted by Gasteiger charge is -2.28. The van der Waals surface area contributed by atoms with Crippen molar-refractivity contribution in [2.24, 2.45) is 11.8 Å². The van der Waals surface area contributed by atoms with E-state index >= 15 is 0 Å². The molecule has 2 aromatic rings. The average molecular weight is 383 g/mol. The number of benzene rings is 1. The average Bonchev–Trinajstić information content (AvgIpc) is 2.75. The number of hydrogen-bond donors (Lipinski definition) is 1. The van der Waals surface area contributed by atoms with Crippen LogP contribution in [0.1, 0.15) is 32.6 Å². The van der Waals surface area contributed by atoms with Crippen molar-refractivity contribution >= 4 is 17.3 Å². The summed E-state index contributed by atoms with van der Waals surface area (Å²) in [6, 6.07) is 10.2. The lowest BCUT2D eigenvalue weighted by Crippen LogP contribution is -2.36. The van der Waals surface area contributed by atoms with E-state index in [1.165, 1.54) is 31.4 Å². The molecule has 0 atom stereocenters. The summed E-state index contributed by atoms with van der Waals surface area (Å²) < 4.78 is 11.4. The van der Waals surface area contributed by atoms with Crippen molar-refractivity contribution in [1.29, 1.82) is 0 Å². The van der Waals surface area contributed by atoms with Crippen LogP contribution in [0.2, 0.25) is 0 Å². The van der Waals surface area contributed by atoms with Crippen molar-refractivity contribution in [3.05, 3.63) is 36.5 Å². The second-order valence-corrected chi connectivity index (χ2v) is 7.93. The molecular weight excluding hydrogens is 352 g/mol. The number of anilines is 3. The first-order valence-electron chi connectivity index (χ1n) is 10.4. The summed E-state index contributed by atoms with van der Waals surface area (Å²) in [5.74, 6) is 2.71. The number of hydrogen-bond acceptors (Lipinski definition) is 6. The van der Waals surface area contributed by atoms with E-state index in [2.05, 4.69) is 51.4 Å². The maximum absolute atomic E-state index is 5.95. The summed E-state index contributed by atoms with van der Waals surface area (Å²) >= 11 is 0. The topological polar surface area (TPSA) is 59.5 Å². The van der Waals surface area contributed by atoms with Gasteiger partial charge in [-0.3, -0.25) is 0 Å². The number of aromatic nitrogens is 2. The van der Waals surface area contributed by atoms with Crippen LogP contribution in [0.25, 0.3) is 0 Å². The molecule has 0 spiro atoms. The summed E-state index contributed by atoms with van der Waals surface area (Å²) in [6.07, 6.45) is 6.88. The van der Waals surface area contributed by atoms with E-state index in [1.54, 1.807) is 6.20 Å². The Morgan fingerprint density at radius 1 is 1.07 bits per heavy atom. The van der Waals surface area contributed by atoms with Crippen LogP contribution in [-0.2, 0) is 4.74 Å². The third kappa shape index (κ3) is 5.13. The lowest BCUT2D eigenvalue weighted by atomic mass is 9.83. The van der Waals surface area contributed by atoms with Gasteiger partial charge in [-0.1, -0.05) is 19.8 Å². The largest absolute Gasteiger partial charge is 0.477 e. The summed E-state index contributed by atoms with van der Waals surface area (Å²) in [5, 5.41) is 3.27. The molecule has 0 bridgehead atoms. The molecule has 0 radical (unpaired) electrons. The van der Waals surface area contributed by atoms with E-state index in [1.807, 2.05) is 6.07 Å². The van der Waals surface area contributed by atoms with Crippen LogP contribution in [0.3, 0.4) is 0 Å². The minimum Gasteiger partial charge on any atom is -0.477 e. The second kappa shape index (κ2) is 9.24. The van der Waals surface area contributed by atoms with Gasteiger partial charge in [0.05, 0.1) is 19.8 Å². The Morgan fingerprint density at radius 3 is 2.57 bits per heavy atom. The summed E-state index contributed by atoms with van der Waals surface area (Å²) in [5.41, 5.74) is 2.18. The molecule has 1 aromatic carbocycles. The molecule has 1 aliphatic carbocycles. The van der Waals surface area contributed by atoms with Gasteiger partial charge in [-0.2, -0.15) is 4.98 Å². The molecule has 28 heavy (non-hydrogen) atoms. The summed E-state index contributed by atoms with van der Waals surface area (Å²) in [7, 11) is 0.